The summed E-state index contributed by atoms with van der Waals surface area (Å²) in [6.07, 6.45) is -2.67. The number of ether oxygens (including phenoxy) is 1. The van der Waals surface area contributed by atoms with Crippen molar-refractivity contribution < 1.29 is 17.9 Å². The first kappa shape index (κ1) is 12.3. The molecule has 0 fully saturated rings. The van der Waals surface area contributed by atoms with E-state index in [1.165, 1.54) is 6.07 Å². The molecule has 3 nitrogen and oxygen atoms in total. The fourth-order valence-electron chi connectivity index (χ4n) is 1.47. The van der Waals surface area contributed by atoms with Gasteiger partial charge in [0, 0.05) is 6.20 Å². The van der Waals surface area contributed by atoms with Crippen LogP contribution in [-0.2, 0) is 12.8 Å². The third-order valence-electron chi connectivity index (χ3n) is 2.38. The van der Waals surface area contributed by atoms with Gasteiger partial charge in [0.1, 0.15) is 12.4 Å². The van der Waals surface area contributed by atoms with E-state index in [1.807, 2.05) is 0 Å². The summed E-state index contributed by atoms with van der Waals surface area (Å²) in [5, 5.41) is 0. The summed E-state index contributed by atoms with van der Waals surface area (Å²) < 4.78 is 42.5. The Morgan fingerprint density at radius 3 is 2.56 bits per heavy atom. The van der Waals surface area contributed by atoms with Crippen molar-refractivity contribution in [3.63, 3.8) is 0 Å². The van der Waals surface area contributed by atoms with Crippen molar-refractivity contribution in [2.75, 3.05) is 5.73 Å². The van der Waals surface area contributed by atoms with Gasteiger partial charge in [-0.25, -0.2) is 0 Å². The number of rotatable bonds is 3. The van der Waals surface area contributed by atoms with Crippen LogP contribution in [0.4, 0.5) is 18.9 Å². The van der Waals surface area contributed by atoms with E-state index in [0.29, 0.717) is 0 Å². The van der Waals surface area contributed by atoms with E-state index >= 15 is 0 Å². The summed E-state index contributed by atoms with van der Waals surface area (Å²) in [5.74, 6) is 0.234. The Morgan fingerprint density at radius 2 is 2.00 bits per heavy atom. The lowest BCUT2D eigenvalue weighted by Gasteiger charge is -2.11. The number of aromatic nitrogens is 1. The average molecular weight is 256 g/mol. The third-order valence-corrected chi connectivity index (χ3v) is 2.38. The van der Waals surface area contributed by atoms with Gasteiger partial charge in [0.25, 0.3) is 0 Å². The first-order valence-corrected chi connectivity index (χ1v) is 5.18. The minimum Gasteiger partial charge on any atom is -0.485 e. The Hall–Kier alpha value is -2.11. The van der Waals surface area contributed by atoms with E-state index in [0.717, 1.165) is 17.8 Å². The number of nitrogens with one attached hydrogen (secondary N) is 1. The zero-order valence-corrected chi connectivity index (χ0v) is 9.29. The molecule has 0 atom stereocenters. The molecule has 3 N–H and O–H groups in total. The molecule has 18 heavy (non-hydrogen) atoms. The van der Waals surface area contributed by atoms with Gasteiger partial charge in [-0.15, -0.1) is 0 Å². The molecule has 0 aliphatic heterocycles. The number of nitrogens with two attached hydrogens (primary N) is 1. The van der Waals surface area contributed by atoms with Crippen LogP contribution < -0.4 is 10.5 Å². The minimum absolute atomic E-state index is 0.0311. The molecule has 0 radical (unpaired) electrons. The highest BCUT2D eigenvalue weighted by molar-refractivity contribution is 5.54. The van der Waals surface area contributed by atoms with Crippen molar-refractivity contribution in [2.45, 2.75) is 12.8 Å². The first-order valence-electron chi connectivity index (χ1n) is 5.18. The number of nitrogen functional groups attached to an aromatic ring is 1. The fraction of sp³-hybridized carbons (Fsp3) is 0.167. The lowest BCUT2D eigenvalue weighted by atomic mass is 10.2. The second kappa shape index (κ2) is 4.64. The molecule has 0 spiro atoms. The molecule has 1 heterocycles. The molecule has 0 bridgehead atoms. The lowest BCUT2D eigenvalue weighted by Crippen LogP contribution is -2.06. The SMILES string of the molecule is Nc1cc(C(F)(F)F)ccc1OCc1ccc[nH]1. The number of H-pyrrole nitrogens is 1. The maximum absolute atomic E-state index is 12.4. The summed E-state index contributed by atoms with van der Waals surface area (Å²) in [6.45, 7) is 0.225. The fourth-order valence-corrected chi connectivity index (χ4v) is 1.47. The minimum atomic E-state index is -4.40. The van der Waals surface area contributed by atoms with Crippen LogP contribution in [-0.4, -0.2) is 4.98 Å². The van der Waals surface area contributed by atoms with Crippen molar-refractivity contribution in [2.24, 2.45) is 0 Å². The molecule has 96 valence electrons. The predicted octanol–water partition coefficient (Wildman–Crippen LogP) is 3.19. The number of halogens is 3. The maximum Gasteiger partial charge on any atom is 0.416 e. The third kappa shape index (κ3) is 2.77. The number of hydrogen-bond acceptors (Lipinski definition) is 2. The Morgan fingerprint density at radius 1 is 1.22 bits per heavy atom. The van der Waals surface area contributed by atoms with Crippen molar-refractivity contribution in [1.29, 1.82) is 0 Å². The zero-order valence-electron chi connectivity index (χ0n) is 9.29. The summed E-state index contributed by atoms with van der Waals surface area (Å²) >= 11 is 0. The number of hydrogen-bond donors (Lipinski definition) is 2. The van der Waals surface area contributed by atoms with Gasteiger partial charge in [0.15, 0.2) is 0 Å². The summed E-state index contributed by atoms with van der Waals surface area (Å²) in [6, 6.07) is 6.64. The second-order valence-electron chi connectivity index (χ2n) is 3.73. The predicted molar refractivity (Wildman–Crippen MR) is 61.0 cm³/mol. The van der Waals surface area contributed by atoms with Gasteiger partial charge in [-0.1, -0.05) is 0 Å². The molecule has 0 saturated carbocycles. The molecular formula is C12H11F3N2O. The number of aromatic amines is 1. The summed E-state index contributed by atoms with van der Waals surface area (Å²) in [4.78, 5) is 2.92. The van der Waals surface area contributed by atoms with Gasteiger partial charge in [0.2, 0.25) is 0 Å². The monoisotopic (exact) mass is 256 g/mol. The highest BCUT2D eigenvalue weighted by Gasteiger charge is 2.30. The normalized spacial score (nSPS) is 11.5. The van der Waals surface area contributed by atoms with Crippen LogP contribution in [0.25, 0.3) is 0 Å². The molecule has 0 aliphatic rings. The maximum atomic E-state index is 12.4. The van der Waals surface area contributed by atoms with Crippen LogP contribution in [0.3, 0.4) is 0 Å². The van der Waals surface area contributed by atoms with Gasteiger partial charge >= 0.3 is 6.18 Å². The van der Waals surface area contributed by atoms with E-state index in [2.05, 4.69) is 4.98 Å². The van der Waals surface area contributed by atoms with Crippen molar-refractivity contribution in [3.05, 3.63) is 47.8 Å². The van der Waals surface area contributed by atoms with Crippen LogP contribution >= 0.6 is 0 Å². The molecule has 0 saturated heterocycles. The molecule has 0 amide bonds. The van der Waals surface area contributed by atoms with Gasteiger partial charge in [0.05, 0.1) is 16.9 Å². The molecule has 6 heteroatoms. The number of alkyl halides is 3. The van der Waals surface area contributed by atoms with Crippen molar-refractivity contribution in [3.8, 4) is 5.75 Å². The average Bonchev–Trinajstić information content (AvgIpc) is 2.79. The Bertz CT molecular complexity index is 521. The van der Waals surface area contributed by atoms with E-state index in [4.69, 9.17) is 10.5 Å². The standard InChI is InChI=1S/C12H11F3N2O/c13-12(14,15)8-3-4-11(10(16)6-8)18-7-9-2-1-5-17-9/h1-6,17H,7,16H2. The largest absolute Gasteiger partial charge is 0.485 e. The van der Waals surface area contributed by atoms with Crippen LogP contribution in [0, 0.1) is 0 Å². The van der Waals surface area contributed by atoms with E-state index in [-0.39, 0.29) is 18.0 Å². The van der Waals surface area contributed by atoms with Gasteiger partial charge in [-0.05, 0) is 30.3 Å². The first-order chi connectivity index (χ1) is 8.47. The van der Waals surface area contributed by atoms with Gasteiger partial charge < -0.3 is 15.5 Å². The van der Waals surface area contributed by atoms with Crippen LogP contribution in [0.1, 0.15) is 11.3 Å². The Balaban J connectivity index is 2.10. The second-order valence-corrected chi connectivity index (χ2v) is 3.73. The van der Waals surface area contributed by atoms with Crippen molar-refractivity contribution in [1.82, 2.24) is 4.98 Å². The summed E-state index contributed by atoms with van der Waals surface area (Å²) in [5.41, 5.74) is 5.52. The Kier molecular flexibility index (Phi) is 3.18. The summed E-state index contributed by atoms with van der Waals surface area (Å²) in [7, 11) is 0. The Labute approximate surface area is 101 Å². The lowest BCUT2D eigenvalue weighted by molar-refractivity contribution is -0.137. The molecule has 0 unspecified atom stereocenters. The zero-order chi connectivity index (χ0) is 13.2. The molecule has 2 rings (SSSR count). The van der Waals surface area contributed by atoms with Crippen LogP contribution in [0.15, 0.2) is 36.5 Å². The van der Waals surface area contributed by atoms with Crippen LogP contribution in [0.2, 0.25) is 0 Å². The van der Waals surface area contributed by atoms with Crippen molar-refractivity contribution >= 4 is 5.69 Å². The topological polar surface area (TPSA) is 51.0 Å². The quantitative estimate of drug-likeness (QED) is 0.828. The number of benzene rings is 1. The van der Waals surface area contributed by atoms with E-state index in [9.17, 15) is 13.2 Å². The van der Waals surface area contributed by atoms with E-state index in [1.54, 1.807) is 18.3 Å². The molecule has 1 aromatic carbocycles. The highest BCUT2D eigenvalue weighted by Crippen LogP contribution is 2.33. The van der Waals surface area contributed by atoms with Crippen LogP contribution in [0.5, 0.6) is 5.75 Å². The smallest absolute Gasteiger partial charge is 0.416 e. The molecule has 2 aromatic rings. The number of anilines is 1. The molecular weight excluding hydrogens is 245 g/mol. The van der Waals surface area contributed by atoms with Gasteiger partial charge in [-0.3, -0.25) is 0 Å². The molecule has 1 aromatic heterocycles. The molecule has 0 aliphatic carbocycles. The van der Waals surface area contributed by atoms with E-state index < -0.39 is 11.7 Å². The highest BCUT2D eigenvalue weighted by atomic mass is 19.4. The van der Waals surface area contributed by atoms with Gasteiger partial charge in [-0.2, -0.15) is 13.2 Å².